The van der Waals surface area contributed by atoms with E-state index in [0.29, 0.717) is 18.4 Å². The number of nitrogens with one attached hydrogen (secondary N) is 1. The quantitative estimate of drug-likeness (QED) is 0.767. The molecule has 66 valence electrons. The summed E-state index contributed by atoms with van der Waals surface area (Å²) in [5, 5.41) is 11.6. The first-order valence-corrected chi connectivity index (χ1v) is 3.86. The fourth-order valence-electron chi connectivity index (χ4n) is 0.948. The van der Waals surface area contributed by atoms with Crippen LogP contribution >= 0.6 is 0 Å². The van der Waals surface area contributed by atoms with Gasteiger partial charge in [0.2, 0.25) is 0 Å². The van der Waals surface area contributed by atoms with Gasteiger partial charge in [0.1, 0.15) is 6.07 Å². The van der Waals surface area contributed by atoms with Crippen molar-refractivity contribution in [3.8, 4) is 6.07 Å². The van der Waals surface area contributed by atoms with Gasteiger partial charge in [-0.15, -0.1) is 0 Å². The molecule has 0 spiro atoms. The number of hydrogen-bond acceptors (Lipinski definition) is 2. The molecule has 0 unspecified atom stereocenters. The number of nitrogens with zero attached hydrogens (tertiary/aromatic N) is 1. The number of anilines is 1. The van der Waals surface area contributed by atoms with Crippen LogP contribution in [0.5, 0.6) is 0 Å². The normalized spacial score (nSPS) is 9.85. The van der Waals surface area contributed by atoms with Gasteiger partial charge in [-0.2, -0.15) is 5.26 Å². The summed E-state index contributed by atoms with van der Waals surface area (Å²) in [4.78, 5) is 0. The highest BCUT2D eigenvalue weighted by atomic mass is 19.1. The molecule has 0 aromatic heterocycles. The summed E-state index contributed by atoms with van der Waals surface area (Å²) in [6, 6.07) is 9.14. The summed E-state index contributed by atoms with van der Waals surface area (Å²) >= 11 is 0. The predicted molar refractivity (Wildman–Crippen MR) is 49.9 cm³/mol. The molecule has 0 aliphatic heterocycles. The SMILES string of the molecule is N#Cc1ccccc1NCC=CF. The Morgan fingerprint density at radius 2 is 2.23 bits per heavy atom. The molecule has 13 heavy (non-hydrogen) atoms. The van der Waals surface area contributed by atoms with Gasteiger partial charge >= 0.3 is 0 Å². The molecule has 0 saturated carbocycles. The zero-order valence-electron chi connectivity index (χ0n) is 7.00. The summed E-state index contributed by atoms with van der Waals surface area (Å²) in [5.74, 6) is 0. The van der Waals surface area contributed by atoms with E-state index < -0.39 is 0 Å². The largest absolute Gasteiger partial charge is 0.380 e. The number of halogens is 1. The number of hydrogen-bond donors (Lipinski definition) is 1. The van der Waals surface area contributed by atoms with Crippen molar-refractivity contribution in [2.45, 2.75) is 0 Å². The Morgan fingerprint density at radius 1 is 1.46 bits per heavy atom. The fraction of sp³-hybridized carbons (Fsp3) is 0.100. The number of rotatable bonds is 3. The van der Waals surface area contributed by atoms with Gasteiger partial charge in [-0.3, -0.25) is 0 Å². The third kappa shape index (κ3) is 2.60. The molecule has 3 heteroatoms. The summed E-state index contributed by atoms with van der Waals surface area (Å²) in [5.41, 5.74) is 1.29. The Balaban J connectivity index is 2.71. The zero-order valence-corrected chi connectivity index (χ0v) is 7.00. The van der Waals surface area contributed by atoms with E-state index in [1.165, 1.54) is 6.08 Å². The molecule has 0 radical (unpaired) electrons. The lowest BCUT2D eigenvalue weighted by Crippen LogP contribution is -1.99. The van der Waals surface area contributed by atoms with E-state index in [-0.39, 0.29) is 0 Å². The minimum atomic E-state index is 0.384. The molecule has 1 N–H and O–H groups in total. The number of para-hydroxylation sites is 1. The van der Waals surface area contributed by atoms with Gasteiger partial charge in [0.15, 0.2) is 0 Å². The lowest BCUT2D eigenvalue weighted by atomic mass is 10.2. The monoisotopic (exact) mass is 176 g/mol. The molecule has 0 bridgehead atoms. The highest BCUT2D eigenvalue weighted by Crippen LogP contribution is 2.12. The van der Waals surface area contributed by atoms with Crippen LogP contribution in [0, 0.1) is 11.3 Å². The van der Waals surface area contributed by atoms with Crippen LogP contribution in [0.15, 0.2) is 36.7 Å². The summed E-state index contributed by atoms with van der Waals surface area (Å²) in [6.45, 7) is 0.384. The van der Waals surface area contributed by atoms with Gasteiger partial charge in [-0.05, 0) is 18.2 Å². The van der Waals surface area contributed by atoms with E-state index >= 15 is 0 Å². The third-order valence-corrected chi connectivity index (χ3v) is 1.55. The Hall–Kier alpha value is -1.82. The highest BCUT2D eigenvalue weighted by Gasteiger charge is 1.96. The van der Waals surface area contributed by atoms with Crippen molar-refractivity contribution >= 4 is 5.69 Å². The van der Waals surface area contributed by atoms with Crippen LogP contribution in [-0.4, -0.2) is 6.54 Å². The summed E-state index contributed by atoms with van der Waals surface area (Å²) in [6.07, 6.45) is 1.82. The zero-order chi connectivity index (χ0) is 9.52. The lowest BCUT2D eigenvalue weighted by molar-refractivity contribution is 0.718. The highest BCUT2D eigenvalue weighted by molar-refractivity contribution is 5.57. The first-order valence-electron chi connectivity index (χ1n) is 3.86. The molecular formula is C10H9FN2. The third-order valence-electron chi connectivity index (χ3n) is 1.55. The van der Waals surface area contributed by atoms with E-state index in [2.05, 4.69) is 5.32 Å². The van der Waals surface area contributed by atoms with Gasteiger partial charge in [0.05, 0.1) is 17.6 Å². The molecule has 0 amide bonds. The average Bonchev–Trinajstić information content (AvgIpc) is 2.19. The van der Waals surface area contributed by atoms with Crippen molar-refractivity contribution in [1.29, 1.82) is 5.26 Å². The fourth-order valence-corrected chi connectivity index (χ4v) is 0.948. The van der Waals surface area contributed by atoms with Crippen molar-refractivity contribution in [1.82, 2.24) is 0 Å². The molecule has 0 saturated heterocycles. The molecule has 1 rings (SSSR count). The first kappa shape index (κ1) is 9.27. The maximum absolute atomic E-state index is 11.6. The molecule has 0 heterocycles. The maximum Gasteiger partial charge on any atom is 0.101 e. The van der Waals surface area contributed by atoms with Crippen LogP contribution in [0.1, 0.15) is 5.56 Å². The lowest BCUT2D eigenvalue weighted by Gasteiger charge is -2.03. The van der Waals surface area contributed by atoms with Crippen LogP contribution < -0.4 is 5.32 Å². The van der Waals surface area contributed by atoms with Crippen LogP contribution in [0.3, 0.4) is 0 Å². The Morgan fingerprint density at radius 3 is 2.92 bits per heavy atom. The maximum atomic E-state index is 11.6. The minimum absolute atomic E-state index is 0.384. The second kappa shape index (κ2) is 4.94. The first-order chi connectivity index (χ1) is 6.38. The smallest absolute Gasteiger partial charge is 0.101 e. The van der Waals surface area contributed by atoms with Gasteiger partial charge < -0.3 is 5.32 Å². The molecule has 0 fully saturated rings. The summed E-state index contributed by atoms with van der Waals surface area (Å²) < 4.78 is 11.6. The van der Waals surface area contributed by atoms with Crippen molar-refractivity contribution in [2.75, 3.05) is 11.9 Å². The van der Waals surface area contributed by atoms with Crippen LogP contribution in [0.4, 0.5) is 10.1 Å². The van der Waals surface area contributed by atoms with E-state index in [0.717, 1.165) is 5.69 Å². The van der Waals surface area contributed by atoms with Gasteiger partial charge in [-0.1, -0.05) is 12.1 Å². The number of nitriles is 1. The Bertz CT molecular complexity index is 339. The molecule has 2 nitrogen and oxygen atoms in total. The van der Waals surface area contributed by atoms with Crippen LogP contribution in [0.2, 0.25) is 0 Å². The summed E-state index contributed by atoms with van der Waals surface area (Å²) in [7, 11) is 0. The molecule has 1 aromatic rings. The minimum Gasteiger partial charge on any atom is -0.380 e. The molecule has 0 aliphatic rings. The van der Waals surface area contributed by atoms with Crippen molar-refractivity contribution in [3.63, 3.8) is 0 Å². The van der Waals surface area contributed by atoms with Crippen molar-refractivity contribution in [2.24, 2.45) is 0 Å². The van der Waals surface area contributed by atoms with Gasteiger partial charge in [-0.25, -0.2) is 4.39 Å². The van der Waals surface area contributed by atoms with E-state index in [1.54, 1.807) is 18.2 Å². The second-order valence-electron chi connectivity index (χ2n) is 2.40. The second-order valence-corrected chi connectivity index (χ2v) is 2.40. The topological polar surface area (TPSA) is 35.8 Å². The van der Waals surface area contributed by atoms with Gasteiger partial charge in [0.25, 0.3) is 0 Å². The number of benzene rings is 1. The van der Waals surface area contributed by atoms with Crippen molar-refractivity contribution < 1.29 is 4.39 Å². The van der Waals surface area contributed by atoms with Crippen molar-refractivity contribution in [3.05, 3.63) is 42.2 Å². The Kier molecular flexibility index (Phi) is 3.52. The standard InChI is InChI=1S/C10H9FN2/c11-6-3-7-13-10-5-2-1-4-9(10)8-12/h1-6,13H,7H2. The van der Waals surface area contributed by atoms with Gasteiger partial charge in [0, 0.05) is 6.54 Å². The average molecular weight is 176 g/mol. The van der Waals surface area contributed by atoms with Crippen LogP contribution in [0.25, 0.3) is 0 Å². The van der Waals surface area contributed by atoms with E-state index in [1.807, 2.05) is 12.1 Å². The van der Waals surface area contributed by atoms with E-state index in [4.69, 9.17) is 5.26 Å². The molecular weight excluding hydrogens is 167 g/mol. The molecule has 1 aromatic carbocycles. The molecule has 0 aliphatic carbocycles. The molecule has 0 atom stereocenters. The van der Waals surface area contributed by atoms with E-state index in [9.17, 15) is 4.39 Å². The predicted octanol–water partition coefficient (Wildman–Crippen LogP) is 2.45. The van der Waals surface area contributed by atoms with Crippen LogP contribution in [-0.2, 0) is 0 Å². The Labute approximate surface area is 76.3 Å².